The first-order valence-electron chi connectivity index (χ1n) is 8.59. The van der Waals surface area contributed by atoms with Gasteiger partial charge in [-0.1, -0.05) is 44.2 Å². The van der Waals surface area contributed by atoms with Crippen LogP contribution in [0.4, 0.5) is 10.1 Å². The molecule has 0 bridgehead atoms. The molecule has 0 saturated carbocycles. The summed E-state index contributed by atoms with van der Waals surface area (Å²) in [5.74, 6) is -0.752. The Labute approximate surface area is 153 Å². The minimum atomic E-state index is -0.449. The molecular weight excluding hydrogens is 329 g/mol. The Hall–Kier alpha value is -3.13. The van der Waals surface area contributed by atoms with Crippen LogP contribution in [0.15, 0.2) is 54.2 Å². The zero-order chi connectivity index (χ0) is 18.9. The average molecular weight is 351 g/mol. The number of para-hydroxylation sites is 1. The summed E-state index contributed by atoms with van der Waals surface area (Å²) in [7, 11) is 0. The minimum Gasteiger partial charge on any atom is -0.386 e. The highest BCUT2D eigenvalue weighted by Crippen LogP contribution is 2.23. The molecule has 0 unspecified atom stereocenters. The van der Waals surface area contributed by atoms with Gasteiger partial charge in [0.2, 0.25) is 0 Å². The maximum atomic E-state index is 12.9. The number of anilines is 1. The smallest absolute Gasteiger partial charge is 0.267 e. The first-order chi connectivity index (χ1) is 12.6. The molecule has 2 N–H and O–H groups in total. The molecule has 0 aliphatic rings. The summed E-state index contributed by atoms with van der Waals surface area (Å²) < 4.78 is 12.9. The van der Waals surface area contributed by atoms with Gasteiger partial charge in [0.15, 0.2) is 0 Å². The number of nitriles is 1. The predicted molar refractivity (Wildman–Crippen MR) is 101 cm³/mol. The Kier molecular flexibility index (Phi) is 6.92. The topological polar surface area (TPSA) is 64.9 Å². The summed E-state index contributed by atoms with van der Waals surface area (Å²) in [6.07, 6.45) is 2.97. The molecule has 0 aliphatic carbocycles. The van der Waals surface area contributed by atoms with Crippen LogP contribution in [0.1, 0.15) is 30.5 Å². The molecular formula is C21H22FN3O. The van der Waals surface area contributed by atoms with Crippen LogP contribution in [0.25, 0.3) is 0 Å². The lowest BCUT2D eigenvalue weighted by Gasteiger charge is -2.14. The van der Waals surface area contributed by atoms with Gasteiger partial charge in [-0.2, -0.15) is 5.26 Å². The number of hydrogen-bond acceptors (Lipinski definition) is 3. The van der Waals surface area contributed by atoms with Crippen molar-refractivity contribution in [1.82, 2.24) is 5.32 Å². The SMILES string of the molecule is CCc1cccc(CC)c1NC(=O)/C(C#N)=C\NCc1ccc(F)cc1. The van der Waals surface area contributed by atoms with Crippen molar-refractivity contribution in [3.63, 3.8) is 0 Å². The minimum absolute atomic E-state index is 0.0138. The van der Waals surface area contributed by atoms with Crippen molar-refractivity contribution in [2.24, 2.45) is 0 Å². The zero-order valence-corrected chi connectivity index (χ0v) is 15.0. The van der Waals surface area contributed by atoms with E-state index in [-0.39, 0.29) is 11.4 Å². The first-order valence-corrected chi connectivity index (χ1v) is 8.59. The molecule has 0 radical (unpaired) electrons. The third-order valence-corrected chi connectivity index (χ3v) is 4.07. The van der Waals surface area contributed by atoms with E-state index in [4.69, 9.17) is 0 Å². The molecule has 0 aromatic heterocycles. The van der Waals surface area contributed by atoms with Crippen LogP contribution in [-0.2, 0) is 24.2 Å². The van der Waals surface area contributed by atoms with Gasteiger partial charge >= 0.3 is 0 Å². The van der Waals surface area contributed by atoms with Crippen LogP contribution in [0.2, 0.25) is 0 Å². The standard InChI is InChI=1S/C21H22FN3O/c1-3-16-6-5-7-17(4-2)20(16)25-21(26)18(12-23)14-24-13-15-8-10-19(22)11-9-15/h5-11,14,24H,3-4,13H2,1-2H3,(H,25,26)/b18-14-. The first kappa shape index (κ1) is 19.2. The lowest BCUT2D eigenvalue weighted by Crippen LogP contribution is -2.18. The quantitative estimate of drug-likeness (QED) is 0.583. The van der Waals surface area contributed by atoms with Gasteiger partial charge in [-0.15, -0.1) is 0 Å². The molecule has 0 fully saturated rings. The second-order valence-electron chi connectivity index (χ2n) is 5.79. The number of hydrogen-bond donors (Lipinski definition) is 2. The van der Waals surface area contributed by atoms with Crippen molar-refractivity contribution in [2.45, 2.75) is 33.2 Å². The van der Waals surface area contributed by atoms with E-state index in [2.05, 4.69) is 10.6 Å². The van der Waals surface area contributed by atoms with Crippen molar-refractivity contribution in [1.29, 1.82) is 5.26 Å². The van der Waals surface area contributed by atoms with Crippen LogP contribution in [0, 0.1) is 17.1 Å². The lowest BCUT2D eigenvalue weighted by atomic mass is 10.0. The van der Waals surface area contributed by atoms with Gasteiger partial charge in [0.1, 0.15) is 17.5 Å². The fraction of sp³-hybridized carbons (Fsp3) is 0.238. The highest BCUT2D eigenvalue weighted by atomic mass is 19.1. The fourth-order valence-corrected chi connectivity index (χ4v) is 2.61. The Morgan fingerprint density at radius 3 is 2.27 bits per heavy atom. The predicted octanol–water partition coefficient (Wildman–Crippen LogP) is 4.09. The molecule has 0 aliphatic heterocycles. The van der Waals surface area contributed by atoms with Crippen molar-refractivity contribution in [3.05, 3.63) is 76.7 Å². The van der Waals surface area contributed by atoms with Gasteiger partial charge in [0, 0.05) is 18.4 Å². The highest BCUT2D eigenvalue weighted by Gasteiger charge is 2.13. The highest BCUT2D eigenvalue weighted by molar-refractivity contribution is 6.07. The normalized spacial score (nSPS) is 10.9. The Bertz CT molecular complexity index is 813. The molecule has 2 aromatic carbocycles. The molecule has 0 heterocycles. The fourth-order valence-electron chi connectivity index (χ4n) is 2.61. The van der Waals surface area contributed by atoms with Crippen molar-refractivity contribution in [3.8, 4) is 6.07 Å². The van der Waals surface area contributed by atoms with Gasteiger partial charge in [-0.3, -0.25) is 4.79 Å². The van der Waals surface area contributed by atoms with Crippen molar-refractivity contribution < 1.29 is 9.18 Å². The summed E-state index contributed by atoms with van der Waals surface area (Å²) in [6.45, 7) is 4.44. The molecule has 5 heteroatoms. The number of amides is 1. The number of rotatable bonds is 7. The number of aryl methyl sites for hydroxylation is 2. The number of carbonyl (C=O) groups excluding carboxylic acids is 1. The number of halogens is 1. The maximum absolute atomic E-state index is 12.9. The summed E-state index contributed by atoms with van der Waals surface area (Å²) in [4.78, 5) is 12.5. The van der Waals surface area contributed by atoms with Crippen LogP contribution >= 0.6 is 0 Å². The number of nitrogens with zero attached hydrogens (tertiary/aromatic N) is 1. The Balaban J connectivity index is 2.09. The number of nitrogens with one attached hydrogen (secondary N) is 2. The van der Waals surface area contributed by atoms with Gasteiger partial charge in [-0.05, 0) is 41.7 Å². The van der Waals surface area contributed by atoms with Gasteiger partial charge in [-0.25, -0.2) is 4.39 Å². The van der Waals surface area contributed by atoms with Crippen LogP contribution in [0.3, 0.4) is 0 Å². The summed E-state index contributed by atoms with van der Waals surface area (Å²) >= 11 is 0. The van der Waals surface area contributed by atoms with E-state index in [0.29, 0.717) is 6.54 Å². The monoisotopic (exact) mass is 351 g/mol. The molecule has 0 atom stereocenters. The number of carbonyl (C=O) groups is 1. The maximum Gasteiger partial charge on any atom is 0.267 e. The van der Waals surface area contributed by atoms with Gasteiger partial charge in [0.05, 0.1) is 0 Å². The largest absolute Gasteiger partial charge is 0.386 e. The number of benzene rings is 2. The third-order valence-electron chi connectivity index (χ3n) is 4.07. The molecule has 0 saturated heterocycles. The van der Waals surface area contributed by atoms with Crippen LogP contribution in [-0.4, -0.2) is 5.91 Å². The average Bonchev–Trinajstić information content (AvgIpc) is 2.66. The lowest BCUT2D eigenvalue weighted by molar-refractivity contribution is -0.112. The van der Waals surface area contributed by atoms with E-state index in [0.717, 1.165) is 35.2 Å². The molecule has 1 amide bonds. The second kappa shape index (κ2) is 9.38. The van der Waals surface area contributed by atoms with Crippen LogP contribution in [0.5, 0.6) is 0 Å². The summed E-state index contributed by atoms with van der Waals surface area (Å²) in [5, 5.41) is 15.1. The summed E-state index contributed by atoms with van der Waals surface area (Å²) in [5.41, 5.74) is 3.69. The molecule has 2 rings (SSSR count). The zero-order valence-electron chi connectivity index (χ0n) is 15.0. The molecule has 0 spiro atoms. The van der Waals surface area contributed by atoms with Crippen molar-refractivity contribution >= 4 is 11.6 Å². The molecule has 2 aromatic rings. The Morgan fingerprint density at radius 1 is 1.12 bits per heavy atom. The van der Waals surface area contributed by atoms with E-state index in [1.807, 2.05) is 38.1 Å². The van der Waals surface area contributed by atoms with Crippen molar-refractivity contribution in [2.75, 3.05) is 5.32 Å². The molecule has 26 heavy (non-hydrogen) atoms. The van der Waals surface area contributed by atoms with E-state index in [1.54, 1.807) is 12.1 Å². The Morgan fingerprint density at radius 2 is 1.73 bits per heavy atom. The van der Waals surface area contributed by atoms with E-state index >= 15 is 0 Å². The molecule has 4 nitrogen and oxygen atoms in total. The summed E-state index contributed by atoms with van der Waals surface area (Å²) in [6, 6.07) is 13.9. The van der Waals surface area contributed by atoms with E-state index in [1.165, 1.54) is 18.3 Å². The molecule has 134 valence electrons. The van der Waals surface area contributed by atoms with E-state index in [9.17, 15) is 14.4 Å². The third kappa shape index (κ3) is 4.93. The van der Waals surface area contributed by atoms with Gasteiger partial charge < -0.3 is 10.6 Å². The van der Waals surface area contributed by atoms with Gasteiger partial charge in [0.25, 0.3) is 5.91 Å². The van der Waals surface area contributed by atoms with Crippen LogP contribution < -0.4 is 10.6 Å². The van der Waals surface area contributed by atoms with E-state index < -0.39 is 5.91 Å². The second-order valence-corrected chi connectivity index (χ2v) is 5.79.